The summed E-state index contributed by atoms with van der Waals surface area (Å²) in [6, 6.07) is 12.4. The van der Waals surface area contributed by atoms with Crippen molar-refractivity contribution in [3.05, 3.63) is 70.3 Å². The maximum Gasteiger partial charge on any atom is 0.325 e. The second-order valence-electron chi connectivity index (χ2n) is 7.01. The predicted octanol–water partition coefficient (Wildman–Crippen LogP) is 3.26. The maximum absolute atomic E-state index is 12.9. The summed E-state index contributed by atoms with van der Waals surface area (Å²) >= 11 is 0. The molecule has 5 nitrogen and oxygen atoms in total. The molecule has 3 amide bonds. The van der Waals surface area contributed by atoms with Crippen molar-refractivity contribution in [2.45, 2.75) is 33.2 Å². The lowest BCUT2D eigenvalue weighted by Crippen LogP contribution is -2.41. The van der Waals surface area contributed by atoms with Gasteiger partial charge in [0.15, 0.2) is 5.78 Å². The fraction of sp³-hybridized carbons (Fsp3) is 0.286. The Morgan fingerprint density at radius 2 is 1.62 bits per heavy atom. The van der Waals surface area contributed by atoms with Crippen molar-refractivity contribution in [3.63, 3.8) is 0 Å². The molecule has 0 aliphatic carbocycles. The predicted molar refractivity (Wildman–Crippen MR) is 99.0 cm³/mol. The zero-order valence-corrected chi connectivity index (χ0v) is 15.4. The Balaban J connectivity index is 1.88. The molecule has 0 unspecified atom stereocenters. The van der Waals surface area contributed by atoms with Gasteiger partial charge < -0.3 is 5.32 Å². The number of hydrogen-bond acceptors (Lipinski definition) is 3. The van der Waals surface area contributed by atoms with Crippen LogP contribution >= 0.6 is 0 Å². The first-order valence-electron chi connectivity index (χ1n) is 8.54. The molecule has 26 heavy (non-hydrogen) atoms. The van der Waals surface area contributed by atoms with Crippen LogP contribution in [0.3, 0.4) is 0 Å². The Bertz CT molecular complexity index is 882. The molecule has 5 heteroatoms. The molecule has 0 spiro atoms. The molecule has 0 radical (unpaired) electrons. The van der Waals surface area contributed by atoms with Crippen LogP contribution < -0.4 is 5.32 Å². The number of carbonyl (C=O) groups is 3. The van der Waals surface area contributed by atoms with E-state index in [2.05, 4.69) is 5.32 Å². The van der Waals surface area contributed by atoms with Crippen molar-refractivity contribution in [2.24, 2.45) is 0 Å². The summed E-state index contributed by atoms with van der Waals surface area (Å²) in [5, 5.41) is 2.73. The first kappa shape index (κ1) is 17.9. The van der Waals surface area contributed by atoms with Gasteiger partial charge in [0, 0.05) is 5.56 Å². The van der Waals surface area contributed by atoms with E-state index in [1.807, 2.05) is 51.1 Å². The van der Waals surface area contributed by atoms with E-state index in [4.69, 9.17) is 0 Å². The van der Waals surface area contributed by atoms with Crippen LogP contribution in [-0.4, -0.2) is 29.2 Å². The van der Waals surface area contributed by atoms with E-state index in [1.54, 1.807) is 19.1 Å². The van der Waals surface area contributed by atoms with Gasteiger partial charge in [0.1, 0.15) is 5.54 Å². The smallest absolute Gasteiger partial charge is 0.319 e. The van der Waals surface area contributed by atoms with Gasteiger partial charge in [0.05, 0.1) is 6.54 Å². The highest BCUT2D eigenvalue weighted by molar-refractivity contribution is 6.11. The van der Waals surface area contributed by atoms with E-state index in [9.17, 15) is 14.4 Å². The van der Waals surface area contributed by atoms with E-state index in [0.29, 0.717) is 11.1 Å². The van der Waals surface area contributed by atoms with Crippen molar-refractivity contribution in [1.29, 1.82) is 0 Å². The van der Waals surface area contributed by atoms with Gasteiger partial charge in [-0.3, -0.25) is 14.5 Å². The second kappa shape index (κ2) is 6.41. The van der Waals surface area contributed by atoms with Gasteiger partial charge >= 0.3 is 6.03 Å². The Hall–Kier alpha value is -2.95. The molecule has 1 saturated heterocycles. The van der Waals surface area contributed by atoms with Gasteiger partial charge in [-0.25, -0.2) is 4.79 Å². The summed E-state index contributed by atoms with van der Waals surface area (Å²) in [4.78, 5) is 39.2. The van der Waals surface area contributed by atoms with Gasteiger partial charge in [-0.2, -0.15) is 0 Å². The third kappa shape index (κ3) is 2.90. The summed E-state index contributed by atoms with van der Waals surface area (Å²) in [7, 11) is 0. The van der Waals surface area contributed by atoms with Crippen molar-refractivity contribution in [1.82, 2.24) is 10.2 Å². The lowest BCUT2D eigenvalue weighted by molar-refractivity contribution is -0.130. The summed E-state index contributed by atoms with van der Waals surface area (Å²) in [5.41, 5.74) is 2.88. The van der Waals surface area contributed by atoms with Crippen molar-refractivity contribution in [3.8, 4) is 0 Å². The number of aryl methyl sites for hydroxylation is 3. The SMILES string of the molecule is Cc1cc(C)c(C(=O)CN2C(=O)N[C@@](C)(c3ccccc3)C2=O)c(C)c1. The maximum atomic E-state index is 12.9. The minimum atomic E-state index is -1.16. The molecule has 1 N–H and O–H groups in total. The van der Waals surface area contributed by atoms with Crippen LogP contribution in [0.4, 0.5) is 4.79 Å². The van der Waals surface area contributed by atoms with Gasteiger partial charge in [0.25, 0.3) is 5.91 Å². The molecule has 2 aromatic carbocycles. The minimum Gasteiger partial charge on any atom is -0.319 e. The van der Waals surface area contributed by atoms with Crippen LogP contribution in [0.5, 0.6) is 0 Å². The standard InChI is InChI=1S/C21H22N2O3/c1-13-10-14(2)18(15(3)11-13)17(24)12-23-19(25)21(4,22-20(23)26)16-8-6-5-7-9-16/h5-11H,12H2,1-4H3,(H,22,26)/t21-/m0/s1. The number of rotatable bonds is 4. The van der Waals surface area contributed by atoms with E-state index in [1.165, 1.54) is 0 Å². The monoisotopic (exact) mass is 350 g/mol. The highest BCUT2D eigenvalue weighted by Gasteiger charge is 2.49. The number of Topliss-reactive ketones (excluding diaryl/α,β-unsaturated/α-hetero) is 1. The first-order chi connectivity index (χ1) is 12.2. The number of imide groups is 1. The molecule has 0 bridgehead atoms. The van der Waals surface area contributed by atoms with E-state index in [0.717, 1.165) is 21.6 Å². The number of carbonyl (C=O) groups excluding carboxylic acids is 3. The second-order valence-corrected chi connectivity index (χ2v) is 7.01. The quantitative estimate of drug-likeness (QED) is 0.680. The van der Waals surface area contributed by atoms with E-state index < -0.39 is 17.5 Å². The third-order valence-corrected chi connectivity index (χ3v) is 4.88. The summed E-state index contributed by atoms with van der Waals surface area (Å²) in [5.74, 6) is -0.648. The van der Waals surface area contributed by atoms with Crippen LogP contribution in [0.25, 0.3) is 0 Å². The van der Waals surface area contributed by atoms with Crippen LogP contribution in [0.15, 0.2) is 42.5 Å². The Labute approximate surface area is 153 Å². The van der Waals surface area contributed by atoms with E-state index >= 15 is 0 Å². The first-order valence-corrected chi connectivity index (χ1v) is 8.54. The Kier molecular flexibility index (Phi) is 4.40. The largest absolute Gasteiger partial charge is 0.325 e. The topological polar surface area (TPSA) is 66.5 Å². The number of amides is 3. The molecule has 2 aromatic rings. The highest BCUT2D eigenvalue weighted by Crippen LogP contribution is 2.29. The molecule has 1 fully saturated rings. The Morgan fingerprint density at radius 3 is 2.19 bits per heavy atom. The van der Waals surface area contributed by atoms with E-state index in [-0.39, 0.29) is 12.3 Å². The number of benzene rings is 2. The fourth-order valence-electron chi connectivity index (χ4n) is 3.65. The zero-order valence-electron chi connectivity index (χ0n) is 15.4. The summed E-state index contributed by atoms with van der Waals surface area (Å²) < 4.78 is 0. The lowest BCUT2D eigenvalue weighted by atomic mass is 9.92. The molecule has 0 aromatic heterocycles. The summed E-state index contributed by atoms with van der Waals surface area (Å²) in [6.07, 6.45) is 0. The normalized spacial score (nSPS) is 19.6. The average molecular weight is 350 g/mol. The third-order valence-electron chi connectivity index (χ3n) is 4.88. The van der Waals surface area contributed by atoms with Crippen LogP contribution in [0.2, 0.25) is 0 Å². The highest BCUT2D eigenvalue weighted by atomic mass is 16.2. The molecule has 1 heterocycles. The van der Waals surface area contributed by atoms with Gasteiger partial charge in [0.2, 0.25) is 0 Å². The number of ketones is 1. The van der Waals surface area contributed by atoms with Crippen LogP contribution in [0, 0.1) is 20.8 Å². The fourth-order valence-corrected chi connectivity index (χ4v) is 3.65. The molecule has 134 valence electrons. The number of nitrogens with one attached hydrogen (secondary N) is 1. The van der Waals surface area contributed by atoms with Crippen molar-refractivity contribution in [2.75, 3.05) is 6.54 Å². The van der Waals surface area contributed by atoms with Crippen molar-refractivity contribution < 1.29 is 14.4 Å². The summed E-state index contributed by atoms with van der Waals surface area (Å²) in [6.45, 7) is 7.10. The zero-order chi connectivity index (χ0) is 19.1. The molecule has 1 aliphatic rings. The van der Waals surface area contributed by atoms with Crippen LogP contribution in [0.1, 0.15) is 39.5 Å². The van der Waals surface area contributed by atoms with Gasteiger partial charge in [-0.05, 0) is 44.4 Å². The number of urea groups is 1. The molecular formula is C21H22N2O3. The average Bonchev–Trinajstić information content (AvgIpc) is 2.79. The molecule has 3 rings (SSSR count). The van der Waals surface area contributed by atoms with Gasteiger partial charge in [-0.1, -0.05) is 48.0 Å². The number of hydrogen-bond donors (Lipinski definition) is 1. The van der Waals surface area contributed by atoms with Crippen molar-refractivity contribution >= 4 is 17.7 Å². The van der Waals surface area contributed by atoms with Crippen LogP contribution in [-0.2, 0) is 10.3 Å². The van der Waals surface area contributed by atoms with Gasteiger partial charge in [-0.15, -0.1) is 0 Å². The lowest BCUT2D eigenvalue weighted by Gasteiger charge is -2.22. The molecule has 0 saturated carbocycles. The molecule has 1 atom stereocenters. The Morgan fingerprint density at radius 1 is 1.04 bits per heavy atom. The molecule has 1 aliphatic heterocycles. The number of nitrogens with zero attached hydrogens (tertiary/aromatic N) is 1. The minimum absolute atomic E-state index is 0.235. The molecular weight excluding hydrogens is 328 g/mol.